The van der Waals surface area contributed by atoms with Crippen LogP contribution < -0.4 is 9.47 Å². The van der Waals surface area contributed by atoms with Crippen molar-refractivity contribution in [3.05, 3.63) is 59.2 Å². The van der Waals surface area contributed by atoms with E-state index in [0.717, 1.165) is 4.90 Å². The van der Waals surface area contributed by atoms with Crippen molar-refractivity contribution in [2.75, 3.05) is 19.9 Å². The van der Waals surface area contributed by atoms with Crippen LogP contribution in [0.25, 0.3) is 0 Å². The highest BCUT2D eigenvalue weighted by molar-refractivity contribution is 6.09. The van der Waals surface area contributed by atoms with Gasteiger partial charge in [0.05, 0.1) is 12.8 Å². The first-order valence-electron chi connectivity index (χ1n) is 9.04. The topological polar surface area (TPSA) is 99.2 Å². The van der Waals surface area contributed by atoms with Gasteiger partial charge < -0.3 is 14.2 Å². The van der Waals surface area contributed by atoms with Crippen LogP contribution in [-0.2, 0) is 20.7 Å². The molecule has 2 aliphatic heterocycles. The smallest absolute Gasteiger partial charge is 0.308 e. The molecule has 0 fully saturated rings. The Morgan fingerprint density at radius 3 is 2.69 bits per heavy atom. The van der Waals surface area contributed by atoms with Crippen LogP contribution in [0.3, 0.4) is 0 Å². The number of imide groups is 1. The average Bonchev–Trinajstić information content (AvgIpc) is 3.19. The summed E-state index contributed by atoms with van der Waals surface area (Å²) in [4.78, 5) is 49.9. The highest BCUT2D eigenvalue weighted by atomic mass is 16.7. The molecule has 4 rings (SSSR count). The summed E-state index contributed by atoms with van der Waals surface area (Å²) in [5, 5.41) is 0. The monoisotopic (exact) mass is 395 g/mol. The lowest BCUT2D eigenvalue weighted by atomic mass is 9.98. The minimum atomic E-state index is -0.668. The first-order valence-corrected chi connectivity index (χ1v) is 9.04. The minimum Gasteiger partial charge on any atom is -0.457 e. The molecule has 0 saturated heterocycles. The summed E-state index contributed by atoms with van der Waals surface area (Å²) in [5.74, 6) is -0.839. The molecule has 2 amide bonds. The first kappa shape index (κ1) is 18.7. The molecule has 2 heterocycles. The van der Waals surface area contributed by atoms with E-state index in [0.29, 0.717) is 28.2 Å². The number of Topliss-reactive ketones (excluding diaryl/α,β-unsaturated/α-hetero) is 1. The number of ether oxygens (including phenoxy) is 3. The molecule has 0 atom stereocenters. The van der Waals surface area contributed by atoms with E-state index in [1.807, 2.05) is 0 Å². The quantitative estimate of drug-likeness (QED) is 0.417. The van der Waals surface area contributed by atoms with Gasteiger partial charge in [-0.3, -0.25) is 24.1 Å². The molecule has 0 radical (unpaired) electrons. The van der Waals surface area contributed by atoms with Crippen molar-refractivity contribution >= 4 is 23.6 Å². The van der Waals surface area contributed by atoms with Gasteiger partial charge >= 0.3 is 5.97 Å². The number of rotatable bonds is 6. The predicted molar refractivity (Wildman–Crippen MR) is 98.7 cm³/mol. The van der Waals surface area contributed by atoms with E-state index >= 15 is 0 Å². The van der Waals surface area contributed by atoms with Crippen molar-refractivity contribution in [2.45, 2.75) is 12.8 Å². The molecule has 2 aromatic carbocycles. The van der Waals surface area contributed by atoms with Crippen LogP contribution in [0.4, 0.5) is 0 Å². The van der Waals surface area contributed by atoms with Crippen LogP contribution in [0.2, 0.25) is 0 Å². The SMILES string of the molecule is O=C(CCN1C(=O)Cc2ccccc2C1=O)OCC(=O)c1ccc2c(c1)OCO2. The van der Waals surface area contributed by atoms with Crippen LogP contribution in [0.5, 0.6) is 11.5 Å². The number of hydrogen-bond donors (Lipinski definition) is 0. The number of fused-ring (bicyclic) bond motifs is 2. The van der Waals surface area contributed by atoms with Gasteiger partial charge in [-0.15, -0.1) is 0 Å². The highest BCUT2D eigenvalue weighted by Gasteiger charge is 2.30. The summed E-state index contributed by atoms with van der Waals surface area (Å²) in [7, 11) is 0. The molecule has 0 spiro atoms. The second-order valence-corrected chi connectivity index (χ2v) is 6.59. The number of benzene rings is 2. The second kappa shape index (κ2) is 7.75. The largest absolute Gasteiger partial charge is 0.457 e. The van der Waals surface area contributed by atoms with Gasteiger partial charge in [0.15, 0.2) is 23.9 Å². The molecule has 2 aliphatic rings. The summed E-state index contributed by atoms with van der Waals surface area (Å²) in [6.07, 6.45) is -0.0758. The van der Waals surface area contributed by atoms with E-state index in [1.54, 1.807) is 36.4 Å². The maximum atomic E-state index is 12.5. The lowest BCUT2D eigenvalue weighted by Gasteiger charge is -2.26. The Hall–Kier alpha value is -3.68. The van der Waals surface area contributed by atoms with E-state index in [1.165, 1.54) is 6.07 Å². The van der Waals surface area contributed by atoms with Crippen LogP contribution in [0.15, 0.2) is 42.5 Å². The fourth-order valence-electron chi connectivity index (χ4n) is 3.20. The minimum absolute atomic E-state index is 0.0942. The van der Waals surface area contributed by atoms with Crippen molar-refractivity contribution in [1.82, 2.24) is 4.90 Å². The summed E-state index contributed by atoms with van der Waals surface area (Å²) in [5.41, 5.74) is 1.47. The molecule has 8 nitrogen and oxygen atoms in total. The Balaban J connectivity index is 1.30. The summed E-state index contributed by atoms with van der Waals surface area (Å²) < 4.78 is 15.4. The zero-order chi connectivity index (χ0) is 20.4. The Bertz CT molecular complexity index is 1010. The molecule has 0 aliphatic carbocycles. The van der Waals surface area contributed by atoms with Crippen molar-refractivity contribution in [3.8, 4) is 11.5 Å². The lowest BCUT2D eigenvalue weighted by molar-refractivity contribution is -0.143. The number of amides is 2. The summed E-state index contributed by atoms with van der Waals surface area (Å²) >= 11 is 0. The number of ketones is 1. The van der Waals surface area contributed by atoms with E-state index in [2.05, 4.69) is 0 Å². The van der Waals surface area contributed by atoms with E-state index in [9.17, 15) is 19.2 Å². The molecule has 0 bridgehead atoms. The summed E-state index contributed by atoms with van der Waals surface area (Å²) in [6, 6.07) is 11.6. The molecule has 2 aromatic rings. The Morgan fingerprint density at radius 2 is 1.83 bits per heavy atom. The van der Waals surface area contributed by atoms with Gasteiger partial charge in [-0.25, -0.2) is 0 Å². The summed E-state index contributed by atoms with van der Waals surface area (Å²) in [6.45, 7) is -0.438. The van der Waals surface area contributed by atoms with Gasteiger partial charge in [-0.2, -0.15) is 0 Å². The molecule has 0 saturated carbocycles. The number of carbonyl (C=O) groups is 4. The third-order valence-electron chi connectivity index (χ3n) is 4.73. The second-order valence-electron chi connectivity index (χ2n) is 6.59. The van der Waals surface area contributed by atoms with Crippen LogP contribution in [-0.4, -0.2) is 48.4 Å². The Morgan fingerprint density at radius 1 is 1.03 bits per heavy atom. The van der Waals surface area contributed by atoms with Gasteiger partial charge in [-0.05, 0) is 29.8 Å². The van der Waals surface area contributed by atoms with E-state index in [-0.39, 0.29) is 32.1 Å². The number of nitrogens with zero attached hydrogens (tertiary/aromatic N) is 1. The molecule has 8 heteroatoms. The van der Waals surface area contributed by atoms with Gasteiger partial charge in [-0.1, -0.05) is 18.2 Å². The standard InChI is InChI=1S/C21H17NO7/c23-16(14-5-6-17-18(9-14)29-12-28-17)11-27-20(25)7-8-22-19(24)10-13-3-1-2-4-15(13)21(22)26/h1-6,9H,7-8,10-12H2. The first-order chi connectivity index (χ1) is 14.0. The van der Waals surface area contributed by atoms with Crippen molar-refractivity contribution in [1.29, 1.82) is 0 Å². The molecule has 148 valence electrons. The molecule has 0 N–H and O–H groups in total. The Kier molecular flexibility index (Phi) is 4.99. The van der Waals surface area contributed by atoms with Crippen LogP contribution in [0.1, 0.15) is 32.7 Å². The molecular weight excluding hydrogens is 378 g/mol. The third kappa shape index (κ3) is 3.82. The molecular formula is C21H17NO7. The van der Waals surface area contributed by atoms with Crippen LogP contribution in [0, 0.1) is 0 Å². The van der Waals surface area contributed by atoms with Crippen LogP contribution >= 0.6 is 0 Å². The third-order valence-corrected chi connectivity index (χ3v) is 4.73. The maximum Gasteiger partial charge on any atom is 0.308 e. The zero-order valence-corrected chi connectivity index (χ0v) is 15.4. The number of carbonyl (C=O) groups excluding carboxylic acids is 4. The lowest BCUT2D eigenvalue weighted by Crippen LogP contribution is -2.43. The molecule has 0 unspecified atom stereocenters. The van der Waals surface area contributed by atoms with Gasteiger partial charge in [0.25, 0.3) is 5.91 Å². The van der Waals surface area contributed by atoms with Gasteiger partial charge in [0.2, 0.25) is 12.7 Å². The Labute approximate surface area is 166 Å². The molecule has 29 heavy (non-hydrogen) atoms. The van der Waals surface area contributed by atoms with E-state index in [4.69, 9.17) is 14.2 Å². The van der Waals surface area contributed by atoms with Crippen molar-refractivity contribution < 1.29 is 33.4 Å². The number of esters is 1. The van der Waals surface area contributed by atoms with Gasteiger partial charge in [0, 0.05) is 17.7 Å². The molecule has 0 aromatic heterocycles. The van der Waals surface area contributed by atoms with Crippen molar-refractivity contribution in [3.63, 3.8) is 0 Å². The maximum absolute atomic E-state index is 12.5. The fraction of sp³-hybridized carbons (Fsp3) is 0.238. The zero-order valence-electron chi connectivity index (χ0n) is 15.4. The average molecular weight is 395 g/mol. The normalized spacial score (nSPS) is 14.6. The van der Waals surface area contributed by atoms with Gasteiger partial charge in [0.1, 0.15) is 0 Å². The highest BCUT2D eigenvalue weighted by Crippen LogP contribution is 2.32. The predicted octanol–water partition coefficient (Wildman–Crippen LogP) is 1.76. The number of hydrogen-bond acceptors (Lipinski definition) is 7. The van der Waals surface area contributed by atoms with E-state index < -0.39 is 24.3 Å². The fourth-order valence-corrected chi connectivity index (χ4v) is 3.20. The van der Waals surface area contributed by atoms with Crippen molar-refractivity contribution in [2.24, 2.45) is 0 Å².